The molecule has 0 radical (unpaired) electrons. The SMILES string of the molecule is CCOC(=O)c1ccc(C2=CCCC2)c(C(F)(F)F)c1. The van der Waals surface area contributed by atoms with Gasteiger partial charge in [0, 0.05) is 0 Å². The Hall–Kier alpha value is -1.78. The molecule has 1 aromatic rings. The summed E-state index contributed by atoms with van der Waals surface area (Å²) in [5.41, 5.74) is 0.0357. The van der Waals surface area contributed by atoms with Crippen LogP contribution in [0.15, 0.2) is 24.3 Å². The van der Waals surface area contributed by atoms with Gasteiger partial charge in [-0.05, 0) is 49.5 Å². The van der Waals surface area contributed by atoms with Crippen LogP contribution in [0, 0.1) is 0 Å². The van der Waals surface area contributed by atoms with E-state index in [0.717, 1.165) is 18.9 Å². The Morgan fingerprint density at radius 1 is 1.35 bits per heavy atom. The highest BCUT2D eigenvalue weighted by Gasteiger charge is 2.35. The van der Waals surface area contributed by atoms with Crippen molar-refractivity contribution in [3.8, 4) is 0 Å². The second kappa shape index (κ2) is 5.69. The number of halogens is 3. The summed E-state index contributed by atoms with van der Waals surface area (Å²) in [7, 11) is 0. The zero-order valence-corrected chi connectivity index (χ0v) is 11.1. The van der Waals surface area contributed by atoms with Gasteiger partial charge in [0.25, 0.3) is 0 Å². The molecule has 1 aliphatic carbocycles. The highest BCUT2D eigenvalue weighted by atomic mass is 19.4. The smallest absolute Gasteiger partial charge is 0.417 e. The Morgan fingerprint density at radius 2 is 2.10 bits per heavy atom. The predicted molar refractivity (Wildman–Crippen MR) is 69.2 cm³/mol. The van der Waals surface area contributed by atoms with Crippen molar-refractivity contribution >= 4 is 11.5 Å². The van der Waals surface area contributed by atoms with Gasteiger partial charge < -0.3 is 4.74 Å². The van der Waals surface area contributed by atoms with Crippen LogP contribution in [-0.2, 0) is 10.9 Å². The van der Waals surface area contributed by atoms with Gasteiger partial charge in [0.2, 0.25) is 0 Å². The van der Waals surface area contributed by atoms with Crippen molar-refractivity contribution < 1.29 is 22.7 Å². The van der Waals surface area contributed by atoms with Crippen LogP contribution in [0.5, 0.6) is 0 Å². The highest BCUT2D eigenvalue weighted by molar-refractivity contribution is 5.90. The summed E-state index contributed by atoms with van der Waals surface area (Å²) in [5, 5.41) is 0. The molecule has 0 aromatic heterocycles. The maximum absolute atomic E-state index is 13.2. The number of carbonyl (C=O) groups is 1. The number of rotatable bonds is 3. The average Bonchev–Trinajstić information content (AvgIpc) is 2.91. The molecular formula is C15H15F3O2. The zero-order valence-electron chi connectivity index (χ0n) is 11.1. The molecule has 0 bridgehead atoms. The molecule has 1 aliphatic rings. The Morgan fingerprint density at radius 3 is 2.65 bits per heavy atom. The van der Waals surface area contributed by atoms with Crippen molar-refractivity contribution in [3.63, 3.8) is 0 Å². The molecule has 0 atom stereocenters. The molecule has 0 saturated carbocycles. The van der Waals surface area contributed by atoms with E-state index in [4.69, 9.17) is 4.74 Å². The van der Waals surface area contributed by atoms with Crippen LogP contribution in [0.25, 0.3) is 5.57 Å². The Labute approximate surface area is 115 Å². The molecule has 0 N–H and O–H groups in total. The van der Waals surface area contributed by atoms with Crippen LogP contribution < -0.4 is 0 Å². The Bertz CT molecular complexity index is 545. The van der Waals surface area contributed by atoms with Gasteiger partial charge in [0.05, 0.1) is 17.7 Å². The summed E-state index contributed by atoms with van der Waals surface area (Å²) < 4.78 is 44.2. The van der Waals surface area contributed by atoms with E-state index in [9.17, 15) is 18.0 Å². The Kier molecular flexibility index (Phi) is 4.16. The molecule has 0 fully saturated rings. The van der Waals surface area contributed by atoms with E-state index in [0.29, 0.717) is 12.0 Å². The van der Waals surface area contributed by atoms with Crippen molar-refractivity contribution in [2.24, 2.45) is 0 Å². The van der Waals surface area contributed by atoms with Crippen LogP contribution in [0.3, 0.4) is 0 Å². The summed E-state index contributed by atoms with van der Waals surface area (Å²) in [6.07, 6.45) is -0.351. The van der Waals surface area contributed by atoms with Crippen LogP contribution in [0.4, 0.5) is 13.2 Å². The summed E-state index contributed by atoms with van der Waals surface area (Å²) in [5.74, 6) is -0.732. The number of hydrogen-bond donors (Lipinski definition) is 0. The lowest BCUT2D eigenvalue weighted by molar-refractivity contribution is -0.137. The first-order valence-corrected chi connectivity index (χ1v) is 6.51. The molecule has 20 heavy (non-hydrogen) atoms. The van der Waals surface area contributed by atoms with Crippen molar-refractivity contribution in [1.82, 2.24) is 0 Å². The van der Waals surface area contributed by atoms with Crippen molar-refractivity contribution in [3.05, 3.63) is 41.0 Å². The van der Waals surface area contributed by atoms with Gasteiger partial charge in [0.1, 0.15) is 0 Å². The summed E-state index contributed by atoms with van der Waals surface area (Å²) in [6, 6.07) is 3.64. The first-order valence-electron chi connectivity index (χ1n) is 6.51. The number of alkyl halides is 3. The number of carbonyl (C=O) groups excluding carboxylic acids is 1. The number of esters is 1. The van der Waals surface area contributed by atoms with Crippen LogP contribution in [0.2, 0.25) is 0 Å². The van der Waals surface area contributed by atoms with Crippen LogP contribution in [0.1, 0.15) is 47.7 Å². The van der Waals surface area contributed by atoms with Crippen LogP contribution in [-0.4, -0.2) is 12.6 Å². The average molecular weight is 284 g/mol. The topological polar surface area (TPSA) is 26.3 Å². The second-order valence-electron chi connectivity index (χ2n) is 4.60. The third-order valence-corrected chi connectivity index (χ3v) is 3.22. The molecule has 0 saturated heterocycles. The van der Waals surface area contributed by atoms with E-state index in [1.165, 1.54) is 12.1 Å². The van der Waals surface area contributed by atoms with E-state index >= 15 is 0 Å². The molecule has 5 heteroatoms. The third-order valence-electron chi connectivity index (χ3n) is 3.22. The number of hydrogen-bond acceptors (Lipinski definition) is 2. The third kappa shape index (κ3) is 3.03. The van der Waals surface area contributed by atoms with Crippen LogP contribution >= 0.6 is 0 Å². The standard InChI is InChI=1S/C15H15F3O2/c1-2-20-14(19)11-7-8-12(10-5-3-4-6-10)13(9-11)15(16,17)18/h5,7-9H,2-4,6H2,1H3. The quantitative estimate of drug-likeness (QED) is 0.766. The minimum Gasteiger partial charge on any atom is -0.462 e. The molecule has 108 valence electrons. The molecule has 0 unspecified atom stereocenters. The molecule has 0 aliphatic heterocycles. The van der Waals surface area contributed by atoms with E-state index < -0.39 is 17.7 Å². The van der Waals surface area contributed by atoms with E-state index in [1.54, 1.807) is 6.92 Å². The Balaban J connectivity index is 2.46. The monoisotopic (exact) mass is 284 g/mol. The molecule has 2 nitrogen and oxygen atoms in total. The normalized spacial score (nSPS) is 15.1. The van der Waals surface area contributed by atoms with Gasteiger partial charge in [-0.1, -0.05) is 12.1 Å². The number of allylic oxidation sites excluding steroid dienone is 2. The fourth-order valence-electron chi connectivity index (χ4n) is 2.32. The number of ether oxygens (including phenoxy) is 1. The van der Waals surface area contributed by atoms with E-state index in [-0.39, 0.29) is 17.7 Å². The number of benzene rings is 1. The maximum atomic E-state index is 13.2. The van der Waals surface area contributed by atoms with Crippen molar-refractivity contribution in [2.75, 3.05) is 6.61 Å². The summed E-state index contributed by atoms with van der Waals surface area (Å²) >= 11 is 0. The van der Waals surface area contributed by atoms with Crippen molar-refractivity contribution in [2.45, 2.75) is 32.4 Å². The lowest BCUT2D eigenvalue weighted by atomic mass is 9.96. The predicted octanol–water partition coefficient (Wildman–Crippen LogP) is 4.45. The molecule has 0 heterocycles. The molecular weight excluding hydrogens is 269 g/mol. The highest BCUT2D eigenvalue weighted by Crippen LogP contribution is 2.39. The zero-order chi connectivity index (χ0) is 14.8. The summed E-state index contributed by atoms with van der Waals surface area (Å²) in [6.45, 7) is 1.74. The van der Waals surface area contributed by atoms with Gasteiger partial charge in [-0.3, -0.25) is 0 Å². The second-order valence-corrected chi connectivity index (χ2v) is 4.60. The molecule has 0 amide bonds. The van der Waals surface area contributed by atoms with Gasteiger partial charge in [0.15, 0.2) is 0 Å². The molecule has 0 spiro atoms. The maximum Gasteiger partial charge on any atom is 0.417 e. The fourth-order valence-corrected chi connectivity index (χ4v) is 2.32. The lowest BCUT2D eigenvalue weighted by Gasteiger charge is -2.15. The van der Waals surface area contributed by atoms with Gasteiger partial charge in [-0.25, -0.2) is 4.79 Å². The molecule has 2 rings (SSSR count). The molecule has 1 aromatic carbocycles. The van der Waals surface area contributed by atoms with E-state index in [2.05, 4.69) is 0 Å². The van der Waals surface area contributed by atoms with Gasteiger partial charge in [-0.2, -0.15) is 13.2 Å². The first kappa shape index (κ1) is 14.6. The minimum absolute atomic E-state index is 0.0680. The summed E-state index contributed by atoms with van der Waals surface area (Å²) in [4.78, 5) is 11.6. The van der Waals surface area contributed by atoms with Gasteiger partial charge in [-0.15, -0.1) is 0 Å². The van der Waals surface area contributed by atoms with E-state index in [1.807, 2.05) is 6.08 Å². The lowest BCUT2D eigenvalue weighted by Crippen LogP contribution is -2.12. The minimum atomic E-state index is -4.48. The largest absolute Gasteiger partial charge is 0.462 e. The fraction of sp³-hybridized carbons (Fsp3) is 0.400. The van der Waals surface area contributed by atoms with Gasteiger partial charge >= 0.3 is 12.1 Å². The first-order chi connectivity index (χ1) is 9.43. The van der Waals surface area contributed by atoms with Crippen molar-refractivity contribution in [1.29, 1.82) is 0 Å².